The van der Waals surface area contributed by atoms with E-state index in [0.717, 1.165) is 0 Å². The molecule has 5 heteroatoms. The molecule has 0 radical (unpaired) electrons. The van der Waals surface area contributed by atoms with Gasteiger partial charge in [0.2, 0.25) is 0 Å². The van der Waals surface area contributed by atoms with Gasteiger partial charge in [-0.1, -0.05) is 0 Å². The molecule has 0 spiro atoms. The van der Waals surface area contributed by atoms with E-state index in [-0.39, 0.29) is 6.61 Å². The zero-order valence-corrected chi connectivity index (χ0v) is 7.64. The second-order valence-electron chi connectivity index (χ2n) is 3.17. The van der Waals surface area contributed by atoms with Crippen LogP contribution >= 0.6 is 0 Å². The van der Waals surface area contributed by atoms with Crippen LogP contribution in [0.15, 0.2) is 0 Å². The summed E-state index contributed by atoms with van der Waals surface area (Å²) in [5.74, 6) is -0.491. The molecule has 76 valence electrons. The first kappa shape index (κ1) is 10.4. The third kappa shape index (κ3) is 2.40. The van der Waals surface area contributed by atoms with Crippen molar-refractivity contribution < 1.29 is 24.5 Å². The lowest BCUT2D eigenvalue weighted by molar-refractivity contribution is -0.200. The lowest BCUT2D eigenvalue weighted by Gasteiger charge is -2.35. The van der Waals surface area contributed by atoms with Crippen molar-refractivity contribution in [3.8, 4) is 0 Å². The number of hydrogen-bond acceptors (Lipinski definition) is 5. The highest BCUT2D eigenvalue weighted by atomic mass is 16.6. The third-order valence-electron chi connectivity index (χ3n) is 2.05. The molecule has 0 aromatic rings. The van der Waals surface area contributed by atoms with Crippen LogP contribution in [0.4, 0.5) is 0 Å². The van der Waals surface area contributed by atoms with Crippen molar-refractivity contribution >= 4 is 5.97 Å². The monoisotopic (exact) mass is 190 g/mol. The molecule has 0 aromatic heterocycles. The van der Waals surface area contributed by atoms with Gasteiger partial charge in [-0.05, 0) is 6.92 Å². The number of carbonyl (C=O) groups is 1. The minimum Gasteiger partial charge on any atom is -0.457 e. The Hall–Kier alpha value is -0.650. The minimum absolute atomic E-state index is 0.124. The van der Waals surface area contributed by atoms with Gasteiger partial charge in [0.1, 0.15) is 12.2 Å². The maximum Gasteiger partial charge on any atom is 0.303 e. The Morgan fingerprint density at radius 2 is 2.08 bits per heavy atom. The molecule has 1 aliphatic heterocycles. The summed E-state index contributed by atoms with van der Waals surface area (Å²) >= 11 is 0. The maximum atomic E-state index is 10.6. The summed E-state index contributed by atoms with van der Waals surface area (Å²) in [7, 11) is 0. The summed E-state index contributed by atoms with van der Waals surface area (Å²) in [5.41, 5.74) is 0. The molecule has 5 nitrogen and oxygen atoms in total. The molecule has 1 aliphatic rings. The van der Waals surface area contributed by atoms with Gasteiger partial charge >= 0.3 is 5.97 Å². The Morgan fingerprint density at radius 1 is 1.46 bits per heavy atom. The smallest absolute Gasteiger partial charge is 0.303 e. The lowest BCUT2D eigenvalue weighted by atomic mass is 10.0. The van der Waals surface area contributed by atoms with Crippen molar-refractivity contribution in [1.29, 1.82) is 0 Å². The first-order chi connectivity index (χ1) is 6.02. The van der Waals surface area contributed by atoms with Gasteiger partial charge in [-0.3, -0.25) is 4.79 Å². The minimum atomic E-state index is -1.06. The zero-order valence-electron chi connectivity index (χ0n) is 7.64. The summed E-state index contributed by atoms with van der Waals surface area (Å²) < 4.78 is 9.84. The van der Waals surface area contributed by atoms with Gasteiger partial charge in [-0.15, -0.1) is 0 Å². The van der Waals surface area contributed by atoms with Crippen molar-refractivity contribution in [2.75, 3.05) is 6.61 Å². The van der Waals surface area contributed by atoms with Gasteiger partial charge in [-0.25, -0.2) is 0 Å². The largest absolute Gasteiger partial charge is 0.457 e. The first-order valence-corrected chi connectivity index (χ1v) is 4.17. The first-order valence-electron chi connectivity index (χ1n) is 4.17. The van der Waals surface area contributed by atoms with Gasteiger partial charge in [0.15, 0.2) is 6.10 Å². The second-order valence-corrected chi connectivity index (χ2v) is 3.17. The van der Waals surface area contributed by atoms with E-state index in [1.54, 1.807) is 6.92 Å². The predicted octanol–water partition coefficient (Wildman–Crippen LogP) is -0.941. The fraction of sp³-hybridized carbons (Fsp3) is 0.875. The van der Waals surface area contributed by atoms with Crippen LogP contribution in [0.2, 0.25) is 0 Å². The summed E-state index contributed by atoms with van der Waals surface area (Å²) in [6.07, 6.45) is -3.25. The molecule has 4 atom stereocenters. The van der Waals surface area contributed by atoms with Crippen LogP contribution < -0.4 is 0 Å². The molecule has 13 heavy (non-hydrogen) atoms. The highest BCUT2D eigenvalue weighted by Crippen LogP contribution is 2.17. The zero-order chi connectivity index (χ0) is 10.0. The SMILES string of the molecule is CC(=O)O[C@@H]1CO[C@H](C)[C@@H](O)[C@@H]1O. The molecule has 2 N–H and O–H groups in total. The number of ether oxygens (including phenoxy) is 2. The van der Waals surface area contributed by atoms with Crippen LogP contribution in [-0.4, -0.2) is 47.2 Å². The fourth-order valence-electron chi connectivity index (χ4n) is 1.26. The van der Waals surface area contributed by atoms with Crippen molar-refractivity contribution in [1.82, 2.24) is 0 Å². The number of aliphatic hydroxyl groups is 2. The van der Waals surface area contributed by atoms with E-state index in [2.05, 4.69) is 0 Å². The summed E-state index contributed by atoms with van der Waals surface area (Å²) in [6.45, 7) is 3.02. The second kappa shape index (κ2) is 4.04. The molecule has 1 rings (SSSR count). The lowest BCUT2D eigenvalue weighted by Crippen LogP contribution is -2.53. The van der Waals surface area contributed by atoms with Crippen molar-refractivity contribution in [2.45, 2.75) is 38.3 Å². The average Bonchev–Trinajstić information content (AvgIpc) is 2.06. The normalized spacial score (nSPS) is 40.0. The predicted molar refractivity (Wildman–Crippen MR) is 43.0 cm³/mol. The van der Waals surface area contributed by atoms with E-state index in [4.69, 9.17) is 9.47 Å². The van der Waals surface area contributed by atoms with Gasteiger partial charge in [0.05, 0.1) is 12.7 Å². The van der Waals surface area contributed by atoms with Gasteiger partial charge in [0.25, 0.3) is 0 Å². The van der Waals surface area contributed by atoms with Crippen LogP contribution in [0.1, 0.15) is 13.8 Å². The highest BCUT2D eigenvalue weighted by molar-refractivity contribution is 5.66. The van der Waals surface area contributed by atoms with Gasteiger partial charge in [-0.2, -0.15) is 0 Å². The Morgan fingerprint density at radius 3 is 2.62 bits per heavy atom. The van der Waals surface area contributed by atoms with Crippen LogP contribution in [0, 0.1) is 0 Å². The van der Waals surface area contributed by atoms with E-state index in [1.807, 2.05) is 0 Å². The number of esters is 1. The molecule has 0 aromatic carbocycles. The Kier molecular flexibility index (Phi) is 3.24. The molecule has 1 saturated heterocycles. The third-order valence-corrected chi connectivity index (χ3v) is 2.05. The Bertz CT molecular complexity index is 193. The van der Waals surface area contributed by atoms with E-state index < -0.39 is 30.4 Å². The van der Waals surface area contributed by atoms with Crippen molar-refractivity contribution in [3.05, 3.63) is 0 Å². The molecule has 0 saturated carbocycles. The standard InChI is InChI=1S/C8H14O5/c1-4-7(10)8(11)6(3-12-4)13-5(2)9/h4,6-8,10-11H,3H2,1-2H3/t4-,6-,7-,8-/m1/s1. The van der Waals surface area contributed by atoms with E-state index in [0.29, 0.717) is 0 Å². The quantitative estimate of drug-likeness (QED) is 0.522. The summed E-state index contributed by atoms with van der Waals surface area (Å²) in [6, 6.07) is 0. The molecular formula is C8H14O5. The average molecular weight is 190 g/mol. The summed E-state index contributed by atoms with van der Waals surface area (Å²) in [5, 5.41) is 18.8. The fourth-order valence-corrected chi connectivity index (χ4v) is 1.26. The molecule has 0 amide bonds. The topological polar surface area (TPSA) is 76.0 Å². The van der Waals surface area contributed by atoms with Crippen molar-refractivity contribution in [3.63, 3.8) is 0 Å². The maximum absolute atomic E-state index is 10.6. The number of carbonyl (C=O) groups excluding carboxylic acids is 1. The summed E-state index contributed by atoms with van der Waals surface area (Å²) in [4.78, 5) is 10.6. The Balaban J connectivity index is 2.53. The Labute approximate surface area is 76.3 Å². The number of rotatable bonds is 1. The number of aliphatic hydroxyl groups excluding tert-OH is 2. The van der Waals surface area contributed by atoms with Crippen LogP contribution in [0.25, 0.3) is 0 Å². The highest BCUT2D eigenvalue weighted by Gasteiger charge is 2.37. The molecule has 0 aliphatic carbocycles. The van der Waals surface area contributed by atoms with E-state index >= 15 is 0 Å². The van der Waals surface area contributed by atoms with Crippen molar-refractivity contribution in [2.24, 2.45) is 0 Å². The molecule has 1 fully saturated rings. The van der Waals surface area contributed by atoms with E-state index in [9.17, 15) is 15.0 Å². The number of hydrogen-bond donors (Lipinski definition) is 2. The molecule has 0 bridgehead atoms. The van der Waals surface area contributed by atoms with Crippen LogP contribution in [0.5, 0.6) is 0 Å². The van der Waals surface area contributed by atoms with Crippen LogP contribution in [0.3, 0.4) is 0 Å². The van der Waals surface area contributed by atoms with Gasteiger partial charge < -0.3 is 19.7 Å². The van der Waals surface area contributed by atoms with Gasteiger partial charge in [0, 0.05) is 6.92 Å². The molecule has 0 unspecified atom stereocenters. The van der Waals surface area contributed by atoms with E-state index in [1.165, 1.54) is 6.92 Å². The molecule has 1 heterocycles. The van der Waals surface area contributed by atoms with Crippen LogP contribution in [-0.2, 0) is 14.3 Å². The molecular weight excluding hydrogens is 176 g/mol.